The van der Waals surface area contributed by atoms with Crippen LogP contribution in [0, 0.1) is 11.3 Å². The number of halogens is 1. The van der Waals surface area contributed by atoms with E-state index in [1.54, 1.807) is 42.5 Å². The maximum Gasteiger partial charge on any atom is 0.262 e. The Morgan fingerprint density at radius 2 is 2.08 bits per heavy atom. The number of hydrogen-bond donors (Lipinski definition) is 2. The lowest BCUT2D eigenvalue weighted by molar-refractivity contribution is -0.117. The predicted molar refractivity (Wildman–Crippen MR) is 99.4 cm³/mol. The van der Waals surface area contributed by atoms with Crippen molar-refractivity contribution < 1.29 is 9.90 Å². The highest BCUT2D eigenvalue weighted by atomic mass is 79.9. The molecule has 0 aliphatic heterocycles. The molecule has 2 rings (SSSR count). The lowest BCUT2D eigenvalue weighted by Gasteiger charge is -2.18. The van der Waals surface area contributed by atoms with Gasteiger partial charge >= 0.3 is 0 Å². The van der Waals surface area contributed by atoms with E-state index in [1.807, 2.05) is 13.0 Å². The molecule has 6 heteroatoms. The number of carbonyl (C=O) groups is 1. The molecule has 25 heavy (non-hydrogen) atoms. The summed E-state index contributed by atoms with van der Waals surface area (Å²) in [5.74, 6) is -0.278. The summed E-state index contributed by atoms with van der Waals surface area (Å²) in [4.78, 5) is 16.7. The molecule has 1 unspecified atom stereocenters. The number of rotatable bonds is 6. The van der Waals surface area contributed by atoms with Crippen LogP contribution in [0.2, 0.25) is 0 Å². The fraction of sp³-hybridized carbons (Fsp3) is 0.211. The van der Waals surface area contributed by atoms with Gasteiger partial charge < -0.3 is 10.4 Å². The van der Waals surface area contributed by atoms with Crippen LogP contribution in [0.1, 0.15) is 37.1 Å². The van der Waals surface area contributed by atoms with Crippen molar-refractivity contribution in [2.75, 3.05) is 0 Å². The predicted octanol–water partition coefficient (Wildman–Crippen LogP) is 4.11. The molecule has 0 radical (unpaired) electrons. The highest BCUT2D eigenvalue weighted by Gasteiger charge is 2.17. The standard InChI is InChI=1S/C19H18BrN3O2/c1-2-4-17(13-7-9-16(24)10-8-13)23-19(25)14(12-21)11-15-5-3-6-18(20)22-15/h3,5-11,17,24H,2,4H2,1H3,(H,23,25). The van der Waals surface area contributed by atoms with Gasteiger partial charge in [-0.2, -0.15) is 5.26 Å². The van der Waals surface area contributed by atoms with Crippen molar-refractivity contribution in [3.05, 3.63) is 63.9 Å². The smallest absolute Gasteiger partial charge is 0.262 e. The number of pyridine rings is 1. The molecule has 0 saturated carbocycles. The van der Waals surface area contributed by atoms with E-state index >= 15 is 0 Å². The van der Waals surface area contributed by atoms with E-state index in [2.05, 4.69) is 26.2 Å². The molecule has 1 heterocycles. The fourth-order valence-electron chi connectivity index (χ4n) is 2.35. The van der Waals surface area contributed by atoms with Crippen LogP contribution in [-0.4, -0.2) is 16.0 Å². The van der Waals surface area contributed by atoms with E-state index in [4.69, 9.17) is 0 Å². The molecule has 1 atom stereocenters. The topological polar surface area (TPSA) is 86.0 Å². The number of hydrogen-bond acceptors (Lipinski definition) is 4. The van der Waals surface area contributed by atoms with Crippen LogP contribution < -0.4 is 5.32 Å². The Bertz CT molecular complexity index is 810. The molecule has 5 nitrogen and oxygen atoms in total. The van der Waals surface area contributed by atoms with Crippen molar-refractivity contribution in [2.45, 2.75) is 25.8 Å². The first-order valence-electron chi connectivity index (χ1n) is 7.87. The number of nitrogens with zero attached hydrogens (tertiary/aromatic N) is 2. The number of nitrogens with one attached hydrogen (secondary N) is 1. The second-order valence-electron chi connectivity index (χ2n) is 5.46. The molecule has 1 aromatic heterocycles. The molecule has 0 spiro atoms. The Kier molecular flexibility index (Phi) is 6.72. The molecule has 1 aromatic carbocycles. The monoisotopic (exact) mass is 399 g/mol. The van der Waals surface area contributed by atoms with Gasteiger partial charge in [0.25, 0.3) is 5.91 Å². The summed E-state index contributed by atoms with van der Waals surface area (Å²) in [6.45, 7) is 2.02. The Morgan fingerprint density at radius 3 is 2.68 bits per heavy atom. The minimum Gasteiger partial charge on any atom is -0.508 e. The molecule has 2 aromatic rings. The maximum atomic E-state index is 12.5. The van der Waals surface area contributed by atoms with Crippen LogP contribution in [0.5, 0.6) is 5.75 Å². The van der Waals surface area contributed by atoms with Gasteiger partial charge in [0.15, 0.2) is 0 Å². The summed E-state index contributed by atoms with van der Waals surface area (Å²) in [6.07, 6.45) is 3.05. The van der Waals surface area contributed by atoms with Gasteiger partial charge in [-0.1, -0.05) is 31.5 Å². The molecule has 0 saturated heterocycles. The number of benzene rings is 1. The Hall–Kier alpha value is -2.65. The van der Waals surface area contributed by atoms with Crippen molar-refractivity contribution in [3.63, 3.8) is 0 Å². The van der Waals surface area contributed by atoms with Crippen LogP contribution in [-0.2, 0) is 4.79 Å². The third-order valence-corrected chi connectivity index (χ3v) is 4.01. The zero-order valence-electron chi connectivity index (χ0n) is 13.7. The van der Waals surface area contributed by atoms with E-state index < -0.39 is 5.91 Å². The van der Waals surface area contributed by atoms with Gasteiger partial charge in [0.2, 0.25) is 0 Å². The number of phenolic OH excluding ortho intramolecular Hbond substituents is 1. The molecule has 0 aliphatic carbocycles. The zero-order valence-corrected chi connectivity index (χ0v) is 15.3. The van der Waals surface area contributed by atoms with E-state index in [1.165, 1.54) is 6.08 Å². The normalized spacial score (nSPS) is 12.3. The number of nitriles is 1. The Labute approximate surface area is 155 Å². The molecule has 0 bridgehead atoms. The average molecular weight is 400 g/mol. The summed E-state index contributed by atoms with van der Waals surface area (Å²) in [6, 6.07) is 13.7. The largest absolute Gasteiger partial charge is 0.508 e. The van der Waals surface area contributed by atoms with E-state index in [0.29, 0.717) is 10.3 Å². The van der Waals surface area contributed by atoms with Gasteiger partial charge in [-0.25, -0.2) is 4.98 Å². The highest BCUT2D eigenvalue weighted by molar-refractivity contribution is 9.10. The first-order chi connectivity index (χ1) is 12.0. The minimum absolute atomic E-state index is 0.00881. The zero-order chi connectivity index (χ0) is 18.2. The third kappa shape index (κ3) is 5.44. The van der Waals surface area contributed by atoms with Gasteiger partial charge in [-0.15, -0.1) is 0 Å². The van der Waals surface area contributed by atoms with E-state index in [0.717, 1.165) is 18.4 Å². The van der Waals surface area contributed by atoms with Crippen molar-refractivity contribution in [2.24, 2.45) is 0 Å². The molecule has 2 N–H and O–H groups in total. The lowest BCUT2D eigenvalue weighted by atomic mass is 10.0. The SMILES string of the molecule is CCCC(NC(=O)C(C#N)=Cc1cccc(Br)n1)c1ccc(O)cc1. The average Bonchev–Trinajstić information content (AvgIpc) is 2.60. The molecular formula is C19H18BrN3O2. The summed E-state index contributed by atoms with van der Waals surface area (Å²) in [5, 5.41) is 21.6. The molecule has 1 amide bonds. The van der Waals surface area contributed by atoms with Crippen molar-refractivity contribution >= 4 is 27.9 Å². The second kappa shape index (κ2) is 9.00. The summed E-state index contributed by atoms with van der Waals surface area (Å²) in [5.41, 5.74) is 1.40. The first-order valence-corrected chi connectivity index (χ1v) is 8.67. The maximum absolute atomic E-state index is 12.5. The lowest BCUT2D eigenvalue weighted by Crippen LogP contribution is -2.29. The van der Waals surface area contributed by atoms with Crippen LogP contribution in [0.25, 0.3) is 6.08 Å². The van der Waals surface area contributed by atoms with Gasteiger partial charge in [-0.05, 0) is 58.3 Å². The van der Waals surface area contributed by atoms with Crippen molar-refractivity contribution in [1.29, 1.82) is 5.26 Å². The van der Waals surface area contributed by atoms with E-state index in [-0.39, 0.29) is 17.4 Å². The van der Waals surface area contributed by atoms with Crippen LogP contribution >= 0.6 is 15.9 Å². The van der Waals surface area contributed by atoms with Crippen LogP contribution in [0.15, 0.2) is 52.6 Å². The summed E-state index contributed by atoms with van der Waals surface area (Å²) < 4.78 is 0.631. The van der Waals surface area contributed by atoms with Gasteiger partial charge in [0.1, 0.15) is 22.0 Å². The minimum atomic E-state index is -0.448. The summed E-state index contributed by atoms with van der Waals surface area (Å²) in [7, 11) is 0. The molecule has 0 fully saturated rings. The molecule has 128 valence electrons. The van der Waals surface area contributed by atoms with Gasteiger partial charge in [0, 0.05) is 0 Å². The van der Waals surface area contributed by atoms with Crippen LogP contribution in [0.3, 0.4) is 0 Å². The van der Waals surface area contributed by atoms with Crippen molar-refractivity contribution in [1.82, 2.24) is 10.3 Å². The van der Waals surface area contributed by atoms with Crippen molar-refractivity contribution in [3.8, 4) is 11.8 Å². The highest BCUT2D eigenvalue weighted by Crippen LogP contribution is 2.21. The Morgan fingerprint density at radius 1 is 1.36 bits per heavy atom. The number of carbonyl (C=O) groups excluding carboxylic acids is 1. The van der Waals surface area contributed by atoms with Gasteiger partial charge in [-0.3, -0.25) is 4.79 Å². The second-order valence-corrected chi connectivity index (χ2v) is 6.27. The first kappa shape index (κ1) is 18.7. The van der Waals surface area contributed by atoms with Gasteiger partial charge in [0.05, 0.1) is 11.7 Å². The van der Waals surface area contributed by atoms with Crippen LogP contribution in [0.4, 0.5) is 0 Å². The molecular weight excluding hydrogens is 382 g/mol. The third-order valence-electron chi connectivity index (χ3n) is 3.57. The quantitative estimate of drug-likeness (QED) is 0.434. The Balaban J connectivity index is 2.21. The fourth-order valence-corrected chi connectivity index (χ4v) is 2.71. The number of aromatic hydroxyl groups is 1. The summed E-state index contributed by atoms with van der Waals surface area (Å²) >= 11 is 3.26. The number of amides is 1. The number of aromatic nitrogens is 1. The molecule has 0 aliphatic rings. The number of phenols is 1. The van der Waals surface area contributed by atoms with E-state index in [9.17, 15) is 15.2 Å².